The summed E-state index contributed by atoms with van der Waals surface area (Å²) in [5, 5.41) is 0. The number of rotatable bonds is 3. The highest BCUT2D eigenvalue weighted by atomic mass is 16.5. The first kappa shape index (κ1) is 8.87. The summed E-state index contributed by atoms with van der Waals surface area (Å²) in [7, 11) is 0. The average molecular weight is 191 g/mol. The van der Waals surface area contributed by atoms with Crippen molar-refractivity contribution in [3.63, 3.8) is 0 Å². The second-order valence-corrected chi connectivity index (χ2v) is 3.21. The van der Waals surface area contributed by atoms with Gasteiger partial charge in [-0.3, -0.25) is 9.59 Å². The van der Waals surface area contributed by atoms with Crippen LogP contribution in [-0.2, 0) is 4.79 Å². The monoisotopic (exact) mass is 191 g/mol. The molecule has 4 heteroatoms. The molecule has 0 unspecified atom stereocenters. The minimum Gasteiger partial charge on any atom is -0.407 e. The molecule has 0 spiro atoms. The van der Waals surface area contributed by atoms with E-state index in [1.807, 2.05) is 0 Å². The summed E-state index contributed by atoms with van der Waals surface area (Å²) in [5.41, 5.74) is 0.270. The van der Waals surface area contributed by atoms with E-state index in [9.17, 15) is 9.59 Å². The molecular weight excluding hydrogens is 182 g/mol. The number of aromatic nitrogens is 1. The second kappa shape index (κ2) is 3.57. The largest absolute Gasteiger partial charge is 0.407 e. The molecular formula is C10H9NO3. The van der Waals surface area contributed by atoms with Gasteiger partial charge in [0.05, 0.1) is 5.92 Å². The summed E-state index contributed by atoms with van der Waals surface area (Å²) in [5.74, 6) is -0.0104. The van der Waals surface area contributed by atoms with Gasteiger partial charge in [-0.15, -0.1) is 0 Å². The average Bonchev–Trinajstić information content (AvgIpc) is 3.01. The molecule has 0 atom stereocenters. The van der Waals surface area contributed by atoms with Crippen molar-refractivity contribution in [3.05, 3.63) is 23.9 Å². The van der Waals surface area contributed by atoms with Gasteiger partial charge in [0, 0.05) is 6.07 Å². The Morgan fingerprint density at radius 1 is 1.50 bits per heavy atom. The molecule has 0 aliphatic heterocycles. The van der Waals surface area contributed by atoms with Crippen LogP contribution in [0.2, 0.25) is 0 Å². The van der Waals surface area contributed by atoms with Crippen LogP contribution in [0.5, 0.6) is 5.88 Å². The molecule has 14 heavy (non-hydrogen) atoms. The maximum atomic E-state index is 11.2. The Morgan fingerprint density at radius 2 is 2.29 bits per heavy atom. The molecule has 0 saturated heterocycles. The number of esters is 1. The van der Waals surface area contributed by atoms with Crippen LogP contribution in [0.3, 0.4) is 0 Å². The molecule has 1 fully saturated rings. The van der Waals surface area contributed by atoms with Gasteiger partial charge in [0.1, 0.15) is 5.69 Å². The third-order valence-corrected chi connectivity index (χ3v) is 1.98. The molecule has 0 aromatic carbocycles. The van der Waals surface area contributed by atoms with E-state index in [1.165, 1.54) is 0 Å². The van der Waals surface area contributed by atoms with E-state index in [-0.39, 0.29) is 23.5 Å². The highest BCUT2D eigenvalue weighted by Gasteiger charge is 2.31. The molecule has 0 amide bonds. The maximum Gasteiger partial charge on any atom is 0.315 e. The first-order chi connectivity index (χ1) is 6.79. The molecule has 72 valence electrons. The van der Waals surface area contributed by atoms with Crippen LogP contribution >= 0.6 is 0 Å². The van der Waals surface area contributed by atoms with Crippen LogP contribution in [0.4, 0.5) is 0 Å². The molecule has 1 aliphatic rings. The topological polar surface area (TPSA) is 56.3 Å². The molecule has 0 N–H and O–H groups in total. The van der Waals surface area contributed by atoms with Crippen LogP contribution in [0.15, 0.2) is 18.2 Å². The van der Waals surface area contributed by atoms with E-state index in [0.29, 0.717) is 6.29 Å². The number of carbonyl (C=O) groups is 2. The summed E-state index contributed by atoms with van der Waals surface area (Å²) >= 11 is 0. The standard InChI is InChI=1S/C10H9NO3/c12-6-8-2-1-3-9(11-8)14-10(13)7-4-5-7/h1-3,6-7H,4-5H2. The van der Waals surface area contributed by atoms with Crippen molar-refractivity contribution in [2.45, 2.75) is 12.8 Å². The fourth-order valence-electron chi connectivity index (χ4n) is 1.06. The molecule has 0 radical (unpaired) electrons. The first-order valence-electron chi connectivity index (χ1n) is 4.43. The van der Waals surface area contributed by atoms with E-state index in [2.05, 4.69) is 4.98 Å². The summed E-state index contributed by atoms with van der Waals surface area (Å²) < 4.78 is 4.97. The van der Waals surface area contributed by atoms with E-state index in [1.54, 1.807) is 18.2 Å². The van der Waals surface area contributed by atoms with Gasteiger partial charge in [-0.05, 0) is 18.9 Å². The van der Waals surface area contributed by atoms with Crippen LogP contribution < -0.4 is 4.74 Å². The summed E-state index contributed by atoms with van der Waals surface area (Å²) in [6, 6.07) is 4.75. The second-order valence-electron chi connectivity index (χ2n) is 3.21. The zero-order valence-electron chi connectivity index (χ0n) is 7.47. The van der Waals surface area contributed by atoms with Gasteiger partial charge < -0.3 is 4.74 Å². The summed E-state index contributed by atoms with van der Waals surface area (Å²) in [6.45, 7) is 0. The van der Waals surface area contributed by atoms with Crippen molar-refractivity contribution in [1.29, 1.82) is 0 Å². The smallest absolute Gasteiger partial charge is 0.315 e. The number of aldehydes is 1. The molecule has 1 saturated carbocycles. The Hall–Kier alpha value is -1.71. The number of carbonyl (C=O) groups excluding carboxylic acids is 2. The Morgan fingerprint density at radius 3 is 2.93 bits per heavy atom. The summed E-state index contributed by atoms with van der Waals surface area (Å²) in [4.78, 5) is 25.4. The van der Waals surface area contributed by atoms with Crippen molar-refractivity contribution in [2.75, 3.05) is 0 Å². The van der Waals surface area contributed by atoms with E-state index in [4.69, 9.17) is 4.74 Å². The SMILES string of the molecule is O=Cc1cccc(OC(=O)C2CC2)n1. The van der Waals surface area contributed by atoms with Gasteiger partial charge in [0.15, 0.2) is 6.29 Å². The van der Waals surface area contributed by atoms with Crippen LogP contribution in [0, 0.1) is 5.92 Å². The lowest BCUT2D eigenvalue weighted by Gasteiger charge is -2.01. The maximum absolute atomic E-state index is 11.2. The summed E-state index contributed by atoms with van der Waals surface area (Å²) in [6.07, 6.45) is 2.41. The highest BCUT2D eigenvalue weighted by Crippen LogP contribution is 2.30. The normalized spacial score (nSPS) is 14.9. The Balaban J connectivity index is 2.07. The Bertz CT molecular complexity index is 371. The number of ether oxygens (including phenoxy) is 1. The number of hydrogen-bond acceptors (Lipinski definition) is 4. The van der Waals surface area contributed by atoms with Gasteiger partial charge >= 0.3 is 5.97 Å². The number of pyridine rings is 1. The molecule has 1 heterocycles. The van der Waals surface area contributed by atoms with E-state index < -0.39 is 0 Å². The minimum absolute atomic E-state index is 0.0386. The van der Waals surface area contributed by atoms with Crippen molar-refractivity contribution in [3.8, 4) is 5.88 Å². The fourth-order valence-corrected chi connectivity index (χ4v) is 1.06. The Labute approximate surface area is 80.9 Å². The first-order valence-corrected chi connectivity index (χ1v) is 4.43. The lowest BCUT2D eigenvalue weighted by Crippen LogP contribution is -2.11. The Kier molecular flexibility index (Phi) is 2.26. The van der Waals surface area contributed by atoms with Crippen molar-refractivity contribution < 1.29 is 14.3 Å². The third-order valence-electron chi connectivity index (χ3n) is 1.98. The van der Waals surface area contributed by atoms with Crippen LogP contribution in [-0.4, -0.2) is 17.2 Å². The molecule has 0 bridgehead atoms. The molecule has 1 aliphatic carbocycles. The lowest BCUT2D eigenvalue weighted by molar-refractivity contribution is -0.136. The fraction of sp³-hybridized carbons (Fsp3) is 0.300. The predicted molar refractivity (Wildman–Crippen MR) is 48.0 cm³/mol. The van der Waals surface area contributed by atoms with Crippen molar-refractivity contribution >= 4 is 12.3 Å². The minimum atomic E-state index is -0.249. The quantitative estimate of drug-likeness (QED) is 0.532. The molecule has 4 nitrogen and oxygen atoms in total. The van der Waals surface area contributed by atoms with Crippen LogP contribution in [0.1, 0.15) is 23.3 Å². The van der Waals surface area contributed by atoms with E-state index in [0.717, 1.165) is 12.8 Å². The number of hydrogen-bond donors (Lipinski definition) is 0. The zero-order chi connectivity index (χ0) is 9.97. The van der Waals surface area contributed by atoms with Gasteiger partial charge in [-0.25, -0.2) is 4.98 Å². The van der Waals surface area contributed by atoms with Crippen LogP contribution in [0.25, 0.3) is 0 Å². The van der Waals surface area contributed by atoms with E-state index >= 15 is 0 Å². The van der Waals surface area contributed by atoms with Crippen molar-refractivity contribution in [2.24, 2.45) is 5.92 Å². The van der Waals surface area contributed by atoms with Gasteiger partial charge in [0.2, 0.25) is 5.88 Å². The predicted octanol–water partition coefficient (Wildman–Crippen LogP) is 1.21. The lowest BCUT2D eigenvalue weighted by atomic mass is 10.4. The van der Waals surface area contributed by atoms with Gasteiger partial charge in [-0.1, -0.05) is 6.07 Å². The molecule has 2 rings (SSSR count). The molecule has 1 aromatic heterocycles. The van der Waals surface area contributed by atoms with Crippen molar-refractivity contribution in [1.82, 2.24) is 4.98 Å². The van der Waals surface area contributed by atoms with Gasteiger partial charge in [-0.2, -0.15) is 0 Å². The number of nitrogens with zero attached hydrogens (tertiary/aromatic N) is 1. The van der Waals surface area contributed by atoms with Gasteiger partial charge in [0.25, 0.3) is 0 Å². The third kappa shape index (κ3) is 1.96. The molecule has 1 aromatic rings. The zero-order valence-corrected chi connectivity index (χ0v) is 7.47. The highest BCUT2D eigenvalue weighted by molar-refractivity contribution is 5.77.